The van der Waals surface area contributed by atoms with Crippen LogP contribution in [0, 0.1) is 0 Å². The third-order valence-electron chi connectivity index (χ3n) is 4.41. The van der Waals surface area contributed by atoms with Crippen LogP contribution in [0.4, 0.5) is 0 Å². The van der Waals surface area contributed by atoms with Crippen molar-refractivity contribution in [3.63, 3.8) is 0 Å². The second kappa shape index (κ2) is 10.6. The molecule has 3 aromatic carbocycles. The first kappa shape index (κ1) is 21.6. The molecule has 156 valence electrons. The summed E-state index contributed by atoms with van der Waals surface area (Å²) in [5.74, 6) is 0.789. The predicted molar refractivity (Wildman–Crippen MR) is 120 cm³/mol. The lowest BCUT2D eigenvalue weighted by Crippen LogP contribution is -2.03. The van der Waals surface area contributed by atoms with Gasteiger partial charge in [-0.2, -0.15) is 0 Å². The first-order chi connectivity index (χ1) is 15.1. The lowest BCUT2D eigenvalue weighted by Gasteiger charge is -2.07. The molecule has 3 aromatic rings. The number of hydrogen-bond acceptors (Lipinski definition) is 5. The number of carbonyl (C=O) groups excluding carboxylic acids is 2. The van der Waals surface area contributed by atoms with Crippen LogP contribution in [0.2, 0.25) is 0 Å². The van der Waals surface area contributed by atoms with E-state index < -0.39 is 5.97 Å². The van der Waals surface area contributed by atoms with E-state index in [1.165, 1.54) is 26.4 Å². The molecule has 0 saturated heterocycles. The Bertz CT molecular complexity index is 1100. The van der Waals surface area contributed by atoms with Gasteiger partial charge in [-0.3, -0.25) is 4.79 Å². The Kier molecular flexibility index (Phi) is 7.38. The van der Waals surface area contributed by atoms with Crippen molar-refractivity contribution in [2.24, 2.45) is 0 Å². The van der Waals surface area contributed by atoms with Gasteiger partial charge in [0.15, 0.2) is 5.78 Å². The molecule has 5 heteroatoms. The minimum atomic E-state index is -0.465. The van der Waals surface area contributed by atoms with E-state index in [2.05, 4.69) is 0 Å². The minimum Gasteiger partial charge on any atom is -0.497 e. The van der Waals surface area contributed by atoms with Crippen molar-refractivity contribution in [3.05, 3.63) is 102 Å². The molecular weight excluding hydrogens is 392 g/mol. The van der Waals surface area contributed by atoms with Gasteiger partial charge in [0.05, 0.1) is 19.8 Å². The lowest BCUT2D eigenvalue weighted by molar-refractivity contribution is -0.128. The first-order valence-corrected chi connectivity index (χ1v) is 9.58. The van der Waals surface area contributed by atoms with E-state index in [0.29, 0.717) is 22.8 Å². The maximum Gasteiger partial charge on any atom is 0.336 e. The molecule has 5 nitrogen and oxygen atoms in total. The molecule has 0 amide bonds. The molecule has 0 aliphatic rings. The smallest absolute Gasteiger partial charge is 0.336 e. The summed E-state index contributed by atoms with van der Waals surface area (Å²) in [5.41, 5.74) is 2.11. The Labute approximate surface area is 181 Å². The van der Waals surface area contributed by atoms with Crippen molar-refractivity contribution >= 4 is 23.9 Å². The average molecular weight is 414 g/mol. The van der Waals surface area contributed by atoms with Crippen molar-refractivity contribution in [1.29, 1.82) is 0 Å². The third-order valence-corrected chi connectivity index (χ3v) is 4.41. The maximum atomic E-state index is 12.6. The van der Waals surface area contributed by atoms with Gasteiger partial charge in [-0.25, -0.2) is 4.79 Å². The molecule has 0 aliphatic heterocycles. The fraction of sp³-hybridized carbons (Fsp3) is 0.0769. The average Bonchev–Trinajstić information content (AvgIpc) is 2.82. The SMILES string of the molecule is COc1ccc(OC)c(C(=O)C=Cc2ccc(OC(=O)C=Cc3ccccc3)cc2)c1. The fourth-order valence-corrected chi connectivity index (χ4v) is 2.79. The first-order valence-electron chi connectivity index (χ1n) is 9.58. The van der Waals surface area contributed by atoms with Gasteiger partial charge < -0.3 is 14.2 Å². The Balaban J connectivity index is 1.62. The van der Waals surface area contributed by atoms with Crippen molar-refractivity contribution in [1.82, 2.24) is 0 Å². The molecule has 0 heterocycles. The van der Waals surface area contributed by atoms with Crippen LogP contribution in [0.1, 0.15) is 21.5 Å². The number of esters is 1. The van der Waals surface area contributed by atoms with Crippen LogP contribution < -0.4 is 14.2 Å². The van der Waals surface area contributed by atoms with E-state index in [4.69, 9.17) is 14.2 Å². The molecule has 0 aliphatic carbocycles. The third kappa shape index (κ3) is 6.18. The summed E-state index contributed by atoms with van der Waals surface area (Å²) in [6.07, 6.45) is 6.21. The van der Waals surface area contributed by atoms with Crippen LogP contribution >= 0.6 is 0 Å². The highest BCUT2D eigenvalue weighted by Gasteiger charge is 2.11. The van der Waals surface area contributed by atoms with Gasteiger partial charge in [0, 0.05) is 6.08 Å². The Morgan fingerprint density at radius 1 is 0.710 bits per heavy atom. The summed E-state index contributed by atoms with van der Waals surface area (Å²) in [5, 5.41) is 0. The quantitative estimate of drug-likeness (QED) is 0.219. The summed E-state index contributed by atoms with van der Waals surface area (Å²) in [6, 6.07) is 21.4. The molecule has 0 spiro atoms. The molecule has 0 N–H and O–H groups in total. The monoisotopic (exact) mass is 414 g/mol. The zero-order valence-electron chi connectivity index (χ0n) is 17.3. The molecule has 31 heavy (non-hydrogen) atoms. The van der Waals surface area contributed by atoms with Crippen LogP contribution in [0.5, 0.6) is 17.2 Å². The van der Waals surface area contributed by atoms with Gasteiger partial charge in [0.25, 0.3) is 0 Å². The lowest BCUT2D eigenvalue weighted by atomic mass is 10.1. The van der Waals surface area contributed by atoms with E-state index >= 15 is 0 Å². The fourth-order valence-electron chi connectivity index (χ4n) is 2.79. The number of carbonyl (C=O) groups is 2. The van der Waals surface area contributed by atoms with Gasteiger partial charge in [-0.15, -0.1) is 0 Å². The highest BCUT2D eigenvalue weighted by atomic mass is 16.5. The standard InChI is InChI=1S/C26H22O5/c1-29-22-14-16-25(30-2)23(18-22)24(27)15-10-20-8-12-21(13-9-20)31-26(28)17-11-19-6-4-3-5-7-19/h3-18H,1-2H3. The molecule has 0 aromatic heterocycles. The van der Waals surface area contributed by atoms with Crippen molar-refractivity contribution < 1.29 is 23.8 Å². The highest BCUT2D eigenvalue weighted by molar-refractivity contribution is 6.08. The Morgan fingerprint density at radius 3 is 2.03 bits per heavy atom. The number of rotatable bonds is 8. The number of ether oxygens (including phenoxy) is 3. The molecule has 0 radical (unpaired) electrons. The minimum absolute atomic E-state index is 0.211. The molecule has 3 rings (SSSR count). The summed E-state index contributed by atoms with van der Waals surface area (Å²) in [6.45, 7) is 0. The van der Waals surface area contributed by atoms with Gasteiger partial charge in [-0.1, -0.05) is 48.5 Å². The Hall–Kier alpha value is -4.12. The van der Waals surface area contributed by atoms with Crippen LogP contribution in [-0.2, 0) is 4.79 Å². The number of ketones is 1. The van der Waals surface area contributed by atoms with Gasteiger partial charge in [0.1, 0.15) is 17.2 Å². The summed E-state index contributed by atoms with van der Waals surface area (Å²) < 4.78 is 15.7. The second-order valence-electron chi connectivity index (χ2n) is 6.50. The maximum absolute atomic E-state index is 12.6. The van der Waals surface area contributed by atoms with E-state index in [0.717, 1.165) is 11.1 Å². The zero-order chi connectivity index (χ0) is 22.1. The Morgan fingerprint density at radius 2 is 1.35 bits per heavy atom. The molecule has 0 unspecified atom stereocenters. The van der Waals surface area contributed by atoms with Crippen molar-refractivity contribution in [2.45, 2.75) is 0 Å². The topological polar surface area (TPSA) is 61.8 Å². The molecule has 0 atom stereocenters. The van der Waals surface area contributed by atoms with Crippen LogP contribution in [0.25, 0.3) is 12.2 Å². The van der Waals surface area contributed by atoms with Crippen LogP contribution in [0.15, 0.2) is 84.9 Å². The van der Waals surface area contributed by atoms with Gasteiger partial charge in [-0.05, 0) is 53.6 Å². The molecular formula is C26H22O5. The van der Waals surface area contributed by atoms with Crippen molar-refractivity contribution in [2.75, 3.05) is 14.2 Å². The van der Waals surface area contributed by atoms with Crippen molar-refractivity contribution in [3.8, 4) is 17.2 Å². The van der Waals surface area contributed by atoms with Gasteiger partial charge >= 0.3 is 5.97 Å². The van der Waals surface area contributed by atoms with E-state index in [-0.39, 0.29) is 5.78 Å². The molecule has 0 fully saturated rings. The normalized spacial score (nSPS) is 10.9. The largest absolute Gasteiger partial charge is 0.497 e. The van der Waals surface area contributed by atoms with E-state index in [1.54, 1.807) is 54.6 Å². The van der Waals surface area contributed by atoms with Gasteiger partial charge in [0.2, 0.25) is 0 Å². The number of methoxy groups -OCH3 is 2. The van der Waals surface area contributed by atoms with E-state index in [9.17, 15) is 9.59 Å². The highest BCUT2D eigenvalue weighted by Crippen LogP contribution is 2.25. The number of benzene rings is 3. The number of hydrogen-bond donors (Lipinski definition) is 0. The van der Waals surface area contributed by atoms with Crippen LogP contribution in [0.3, 0.4) is 0 Å². The molecule has 0 saturated carbocycles. The summed E-state index contributed by atoms with van der Waals surface area (Å²) in [7, 11) is 3.05. The summed E-state index contributed by atoms with van der Waals surface area (Å²) >= 11 is 0. The predicted octanol–water partition coefficient (Wildman–Crippen LogP) is 5.22. The second-order valence-corrected chi connectivity index (χ2v) is 6.50. The van der Waals surface area contributed by atoms with E-state index in [1.807, 2.05) is 30.3 Å². The summed E-state index contributed by atoms with van der Waals surface area (Å²) in [4.78, 5) is 24.5. The number of allylic oxidation sites excluding steroid dienone is 1. The zero-order valence-corrected chi connectivity index (χ0v) is 17.3. The molecule has 0 bridgehead atoms. The van der Waals surface area contributed by atoms with Crippen LogP contribution in [-0.4, -0.2) is 26.0 Å².